The van der Waals surface area contributed by atoms with E-state index in [0.29, 0.717) is 0 Å². The fourth-order valence-corrected chi connectivity index (χ4v) is 12.7. The first-order valence-electron chi connectivity index (χ1n) is 24.8. The van der Waals surface area contributed by atoms with Crippen LogP contribution in [0, 0.1) is 20.8 Å². The van der Waals surface area contributed by atoms with Gasteiger partial charge in [0, 0.05) is 38.8 Å². The van der Waals surface area contributed by atoms with Crippen molar-refractivity contribution < 1.29 is 8.83 Å². The molecule has 1 spiro atoms. The summed E-state index contributed by atoms with van der Waals surface area (Å²) in [4.78, 5) is 5.01. The van der Waals surface area contributed by atoms with Crippen molar-refractivity contribution in [2.75, 3.05) is 9.80 Å². The summed E-state index contributed by atoms with van der Waals surface area (Å²) in [5.41, 5.74) is 24.4. The zero-order chi connectivity index (χ0) is 46.1. The summed E-state index contributed by atoms with van der Waals surface area (Å²) in [6, 6.07) is 50.2. The second-order valence-electron chi connectivity index (χ2n) is 20.0. The van der Waals surface area contributed by atoms with Crippen LogP contribution in [-0.4, -0.2) is 6.04 Å². The van der Waals surface area contributed by atoms with Crippen LogP contribution in [0.15, 0.2) is 190 Å². The number of aryl methyl sites for hydroxylation is 4. The Kier molecular flexibility index (Phi) is 8.81. The molecule has 0 aliphatic heterocycles. The normalized spacial score (nSPS) is 18.5. The van der Waals surface area contributed by atoms with Crippen molar-refractivity contribution in [3.8, 4) is 11.1 Å². The van der Waals surface area contributed by atoms with Crippen LogP contribution >= 0.6 is 0 Å². The number of furan rings is 2. The van der Waals surface area contributed by atoms with Gasteiger partial charge in [-0.3, -0.25) is 0 Å². The number of allylic oxidation sites excluding steroid dienone is 7. The van der Waals surface area contributed by atoms with Crippen LogP contribution in [0.2, 0.25) is 0 Å². The van der Waals surface area contributed by atoms with E-state index < -0.39 is 5.41 Å². The van der Waals surface area contributed by atoms with Gasteiger partial charge in [-0.25, -0.2) is 0 Å². The lowest BCUT2D eigenvalue weighted by Crippen LogP contribution is -2.31. The van der Waals surface area contributed by atoms with Crippen molar-refractivity contribution in [2.45, 2.75) is 71.3 Å². The van der Waals surface area contributed by atoms with Crippen molar-refractivity contribution in [3.05, 3.63) is 231 Å². The van der Waals surface area contributed by atoms with Gasteiger partial charge in [0.1, 0.15) is 11.3 Å². The highest BCUT2D eigenvalue weighted by atomic mass is 16.3. The SMILES string of the molecule is CC1=CCC(N(c2ccc(C)cc2)c2cc3c(c4c5c(oc24)C=CCC5)-c2c(cc(N(c4ccc(C)cc4)c4ccc(C)cc4)c4oc5ccccc5c24)C32C3=C(CCC=C3)c3ccccc32)C=C1. The maximum Gasteiger partial charge on any atom is 0.160 e. The van der Waals surface area contributed by atoms with Crippen LogP contribution in [0.25, 0.3) is 55.7 Å². The topological polar surface area (TPSA) is 32.8 Å². The van der Waals surface area contributed by atoms with E-state index in [1.54, 1.807) is 0 Å². The first kappa shape index (κ1) is 40.3. The Morgan fingerprint density at radius 1 is 0.565 bits per heavy atom. The summed E-state index contributed by atoms with van der Waals surface area (Å²) >= 11 is 0. The Morgan fingerprint density at radius 3 is 1.91 bits per heavy atom. The second kappa shape index (κ2) is 15.1. The molecular weight excluding hydrogens is 841 g/mol. The fraction of sp³-hybridized carbons (Fsp3) is 0.169. The molecule has 0 amide bonds. The number of benzene rings is 7. The number of fused-ring (bicyclic) bond motifs is 17. The van der Waals surface area contributed by atoms with Crippen LogP contribution in [0.3, 0.4) is 0 Å². The molecule has 0 N–H and O–H groups in total. The van der Waals surface area contributed by atoms with Crippen molar-refractivity contribution in [2.24, 2.45) is 0 Å². The fourth-order valence-electron chi connectivity index (χ4n) is 12.7. The molecule has 2 heterocycles. The van der Waals surface area contributed by atoms with Gasteiger partial charge in [-0.1, -0.05) is 138 Å². The number of para-hydroxylation sites is 1. The van der Waals surface area contributed by atoms with Crippen molar-refractivity contribution in [1.29, 1.82) is 0 Å². The van der Waals surface area contributed by atoms with Crippen LogP contribution in [0.1, 0.15) is 82.9 Å². The van der Waals surface area contributed by atoms with E-state index >= 15 is 0 Å². The molecule has 334 valence electrons. The molecule has 2 unspecified atom stereocenters. The van der Waals surface area contributed by atoms with E-state index in [0.717, 1.165) is 93.8 Å². The third-order valence-electron chi connectivity index (χ3n) is 15.8. The van der Waals surface area contributed by atoms with Gasteiger partial charge in [0.25, 0.3) is 0 Å². The predicted molar refractivity (Wildman–Crippen MR) is 287 cm³/mol. The average Bonchev–Trinajstić information content (AvgIpc) is 4.12. The molecule has 4 heteroatoms. The van der Waals surface area contributed by atoms with Crippen molar-refractivity contribution in [1.82, 2.24) is 0 Å². The minimum absolute atomic E-state index is 0.0731. The largest absolute Gasteiger partial charge is 0.454 e. The molecule has 7 aromatic carbocycles. The lowest BCUT2D eigenvalue weighted by atomic mass is 9.68. The highest BCUT2D eigenvalue weighted by molar-refractivity contribution is 6.24. The predicted octanol–water partition coefficient (Wildman–Crippen LogP) is 17.5. The van der Waals surface area contributed by atoms with E-state index in [2.05, 4.69) is 213 Å². The summed E-state index contributed by atoms with van der Waals surface area (Å²) < 4.78 is 14.7. The van der Waals surface area contributed by atoms with Gasteiger partial charge in [0.2, 0.25) is 0 Å². The smallest absolute Gasteiger partial charge is 0.160 e. The first-order chi connectivity index (χ1) is 33.9. The van der Waals surface area contributed by atoms with E-state index in [1.165, 1.54) is 77.7 Å². The quantitative estimate of drug-likeness (QED) is 0.166. The zero-order valence-corrected chi connectivity index (χ0v) is 39.6. The summed E-state index contributed by atoms with van der Waals surface area (Å²) in [7, 11) is 0. The van der Waals surface area contributed by atoms with Gasteiger partial charge in [0.05, 0.1) is 22.8 Å². The third-order valence-corrected chi connectivity index (χ3v) is 15.8. The first-order valence-corrected chi connectivity index (χ1v) is 24.8. The average molecular weight is 893 g/mol. The molecule has 5 aliphatic carbocycles. The molecule has 2 aromatic heterocycles. The van der Waals surface area contributed by atoms with Crippen LogP contribution in [0.4, 0.5) is 28.4 Å². The minimum Gasteiger partial charge on any atom is -0.454 e. The van der Waals surface area contributed by atoms with Gasteiger partial charge >= 0.3 is 0 Å². The number of anilines is 5. The second-order valence-corrected chi connectivity index (χ2v) is 20.0. The molecule has 69 heavy (non-hydrogen) atoms. The Balaban J connectivity index is 1.19. The number of hydrogen-bond acceptors (Lipinski definition) is 4. The Labute approximate surface area is 403 Å². The zero-order valence-electron chi connectivity index (χ0n) is 39.6. The van der Waals surface area contributed by atoms with Gasteiger partial charge in [-0.15, -0.1) is 0 Å². The third kappa shape index (κ3) is 5.75. The van der Waals surface area contributed by atoms with E-state index in [1.807, 2.05) is 0 Å². The van der Waals surface area contributed by atoms with Crippen LogP contribution in [-0.2, 0) is 11.8 Å². The molecule has 9 aromatic rings. The molecular formula is C65H52N2O2. The molecule has 0 fully saturated rings. The number of nitrogens with zero attached hydrogens (tertiary/aromatic N) is 2. The van der Waals surface area contributed by atoms with Crippen molar-refractivity contribution >= 4 is 73.0 Å². The van der Waals surface area contributed by atoms with Gasteiger partial charge in [-0.05, 0) is 165 Å². The van der Waals surface area contributed by atoms with E-state index in [9.17, 15) is 0 Å². The highest BCUT2D eigenvalue weighted by Crippen LogP contribution is 2.68. The molecule has 4 nitrogen and oxygen atoms in total. The Hall–Kier alpha value is -7.82. The molecule has 0 radical (unpaired) electrons. The number of rotatable bonds is 6. The highest BCUT2D eigenvalue weighted by Gasteiger charge is 2.55. The number of hydrogen-bond donors (Lipinski definition) is 0. The summed E-state index contributed by atoms with van der Waals surface area (Å²) in [6.45, 7) is 8.71. The minimum atomic E-state index is -0.656. The van der Waals surface area contributed by atoms with Crippen molar-refractivity contribution in [3.63, 3.8) is 0 Å². The summed E-state index contributed by atoms with van der Waals surface area (Å²) in [5, 5.41) is 3.49. The molecule has 14 rings (SSSR count). The maximum atomic E-state index is 7.38. The molecule has 5 aliphatic rings. The molecule has 2 atom stereocenters. The van der Waals surface area contributed by atoms with Gasteiger partial charge < -0.3 is 18.6 Å². The molecule has 0 saturated heterocycles. The summed E-state index contributed by atoms with van der Waals surface area (Å²) in [6.07, 6.45) is 21.3. The monoisotopic (exact) mass is 892 g/mol. The van der Waals surface area contributed by atoms with E-state index in [4.69, 9.17) is 8.83 Å². The lowest BCUT2D eigenvalue weighted by Gasteiger charge is -2.36. The lowest BCUT2D eigenvalue weighted by molar-refractivity contribution is 0.593. The van der Waals surface area contributed by atoms with Gasteiger partial charge in [0.15, 0.2) is 11.2 Å². The Morgan fingerprint density at radius 2 is 1.19 bits per heavy atom. The Bertz CT molecular complexity index is 3750. The summed E-state index contributed by atoms with van der Waals surface area (Å²) in [5.74, 6) is 0.964. The molecule has 0 saturated carbocycles. The standard InChI is InChI=1S/C65H52N2O2/c1-39-21-29-43(30-22-39)66(44-31-23-40(2)24-32-44)55-37-53-61(59-49-15-7-11-19-57(49)68-63(55)59)62-54(65(53)51-17-9-5-13-47(51)48-14-6-10-18-52(48)65)38-56(64-60(62)50-16-8-12-20-58(50)69-64)67(45-33-25-41(3)26-34-45)46-35-27-42(4)28-36-46/h5,7,9-13,15,17-35,37-38,46H,6,8,14,16,36H2,1-4H3. The van der Waals surface area contributed by atoms with Gasteiger partial charge in [-0.2, -0.15) is 0 Å². The van der Waals surface area contributed by atoms with E-state index in [-0.39, 0.29) is 6.04 Å². The molecule has 0 bridgehead atoms. The maximum absolute atomic E-state index is 7.38. The van der Waals surface area contributed by atoms with Crippen LogP contribution < -0.4 is 9.80 Å². The van der Waals surface area contributed by atoms with Crippen LogP contribution in [0.5, 0.6) is 0 Å².